The number of carbonyl (C=O) groups is 1. The lowest BCUT2D eigenvalue weighted by atomic mass is 9.90. The van der Waals surface area contributed by atoms with Crippen LogP contribution in [0.15, 0.2) is 0 Å². The van der Waals surface area contributed by atoms with E-state index in [9.17, 15) is 9.90 Å². The summed E-state index contributed by atoms with van der Waals surface area (Å²) in [7, 11) is 0. The Morgan fingerprint density at radius 1 is 1.32 bits per heavy atom. The van der Waals surface area contributed by atoms with Gasteiger partial charge in [0, 0.05) is 12.0 Å². The maximum Gasteiger partial charge on any atom is 0.323 e. The average molecular weight is 330 g/mol. The van der Waals surface area contributed by atoms with Crippen molar-refractivity contribution >= 4 is 18.4 Å². The third kappa shape index (κ3) is 3.15. The van der Waals surface area contributed by atoms with Gasteiger partial charge in [0.15, 0.2) is 0 Å². The first kappa shape index (κ1) is 18.6. The van der Waals surface area contributed by atoms with Crippen LogP contribution in [0.5, 0.6) is 11.5 Å². The van der Waals surface area contributed by atoms with Crippen molar-refractivity contribution in [1.29, 1.82) is 0 Å². The molecule has 0 bridgehead atoms. The molecule has 2 rings (SSSR count). The van der Waals surface area contributed by atoms with E-state index in [0.717, 1.165) is 28.0 Å². The normalized spacial score (nSPS) is 21.2. The largest absolute Gasteiger partial charge is 0.507 e. The second-order valence-corrected chi connectivity index (χ2v) is 5.82. The topological polar surface area (TPSA) is 81.8 Å². The Bertz CT molecular complexity index is 586. The van der Waals surface area contributed by atoms with Crippen LogP contribution in [0.1, 0.15) is 36.1 Å². The van der Waals surface area contributed by atoms with Crippen LogP contribution >= 0.6 is 12.4 Å². The molecule has 0 aromatic heterocycles. The van der Waals surface area contributed by atoms with Gasteiger partial charge in [-0.3, -0.25) is 4.79 Å². The summed E-state index contributed by atoms with van der Waals surface area (Å²) < 4.78 is 11.4. The fourth-order valence-electron chi connectivity index (χ4n) is 2.60. The monoisotopic (exact) mass is 329 g/mol. The highest BCUT2D eigenvalue weighted by Crippen LogP contribution is 2.41. The maximum atomic E-state index is 11.7. The summed E-state index contributed by atoms with van der Waals surface area (Å²) in [5.74, 6) is 0.634. The quantitative estimate of drug-likeness (QED) is 0.814. The fraction of sp³-hybridized carbons (Fsp3) is 0.562. The van der Waals surface area contributed by atoms with Gasteiger partial charge < -0.3 is 20.3 Å². The van der Waals surface area contributed by atoms with Crippen molar-refractivity contribution in [1.82, 2.24) is 0 Å². The van der Waals surface area contributed by atoms with Crippen molar-refractivity contribution in [2.45, 2.75) is 59.3 Å². The predicted octanol–water partition coefficient (Wildman–Crippen LogP) is 2.32. The second kappa shape index (κ2) is 6.75. The number of carbonyl (C=O) groups excluding carboxylic acids is 1. The highest BCUT2D eigenvalue weighted by Gasteiger charge is 2.33. The van der Waals surface area contributed by atoms with Gasteiger partial charge in [0.2, 0.25) is 0 Å². The summed E-state index contributed by atoms with van der Waals surface area (Å²) >= 11 is 0. The first-order valence-electron chi connectivity index (χ1n) is 7.18. The van der Waals surface area contributed by atoms with Gasteiger partial charge in [-0.25, -0.2) is 0 Å². The number of nitrogens with two attached hydrogens (primary N) is 1. The summed E-state index contributed by atoms with van der Waals surface area (Å²) in [6.45, 7) is 9.11. The smallest absolute Gasteiger partial charge is 0.323 e. The van der Waals surface area contributed by atoms with E-state index in [0.29, 0.717) is 6.42 Å². The number of hydrogen-bond donors (Lipinski definition) is 2. The minimum Gasteiger partial charge on any atom is -0.507 e. The number of rotatable bonds is 2. The highest BCUT2D eigenvalue weighted by atomic mass is 35.5. The van der Waals surface area contributed by atoms with Crippen LogP contribution in [-0.4, -0.2) is 29.3 Å². The van der Waals surface area contributed by atoms with Crippen molar-refractivity contribution < 1.29 is 19.4 Å². The Morgan fingerprint density at radius 3 is 2.45 bits per heavy atom. The Balaban J connectivity index is 0.00000242. The number of phenolic OH excluding ortho intramolecular Hbond substituents is 1. The molecule has 1 aliphatic rings. The van der Waals surface area contributed by atoms with Gasteiger partial charge in [-0.1, -0.05) is 0 Å². The molecule has 0 saturated carbocycles. The fourth-order valence-corrected chi connectivity index (χ4v) is 2.60. The molecule has 3 atom stereocenters. The summed E-state index contributed by atoms with van der Waals surface area (Å²) in [6, 6.07) is -0.659. The van der Waals surface area contributed by atoms with E-state index < -0.39 is 18.1 Å². The van der Waals surface area contributed by atoms with E-state index in [1.54, 1.807) is 6.92 Å². The molecule has 0 radical (unpaired) electrons. The molecule has 0 aliphatic carbocycles. The number of fused-ring (bicyclic) bond motifs is 1. The van der Waals surface area contributed by atoms with E-state index in [4.69, 9.17) is 15.2 Å². The number of halogens is 1. The Morgan fingerprint density at radius 2 is 1.91 bits per heavy atom. The number of aromatic hydroxyl groups is 1. The average Bonchev–Trinajstić information content (AvgIpc) is 2.44. The second-order valence-electron chi connectivity index (χ2n) is 5.82. The predicted molar refractivity (Wildman–Crippen MR) is 86.9 cm³/mol. The molecular formula is C16H24ClNO4. The van der Waals surface area contributed by atoms with Crippen molar-refractivity contribution in [3.8, 4) is 11.5 Å². The minimum atomic E-state index is -0.659. The molecular weight excluding hydrogens is 306 g/mol. The number of ether oxygens (including phenoxy) is 2. The van der Waals surface area contributed by atoms with E-state index in [-0.39, 0.29) is 24.3 Å². The molecule has 1 heterocycles. The van der Waals surface area contributed by atoms with Crippen LogP contribution < -0.4 is 10.5 Å². The summed E-state index contributed by atoms with van der Waals surface area (Å²) in [5, 5.41) is 10.2. The minimum absolute atomic E-state index is 0. The molecule has 1 unspecified atom stereocenters. The molecule has 0 amide bonds. The number of benzene rings is 1. The molecule has 1 aliphatic heterocycles. The first-order valence-corrected chi connectivity index (χ1v) is 7.18. The number of phenols is 1. The molecule has 1 aromatic rings. The molecule has 3 N–H and O–H groups in total. The molecule has 0 saturated heterocycles. The van der Waals surface area contributed by atoms with Crippen molar-refractivity contribution in [2.75, 3.05) is 0 Å². The van der Waals surface area contributed by atoms with Crippen LogP contribution in [0.25, 0.3) is 0 Å². The standard InChI is InChI=1S/C16H23NO4.ClH/c1-7-8(2)15-12(9(3)14(7)18)6-13(11(5)20-15)21-16(19)10(4)17;/h10-11,13,18H,6,17H2,1-5H3;1H/t10-,11-,13?;/m0./s1. The lowest BCUT2D eigenvalue weighted by Gasteiger charge is -2.34. The third-order valence-corrected chi connectivity index (χ3v) is 4.21. The van der Waals surface area contributed by atoms with Crippen LogP contribution in [0.3, 0.4) is 0 Å². The Labute approximate surface area is 137 Å². The van der Waals surface area contributed by atoms with Crippen molar-refractivity contribution in [3.63, 3.8) is 0 Å². The van der Waals surface area contributed by atoms with Crippen LogP contribution in [0.2, 0.25) is 0 Å². The van der Waals surface area contributed by atoms with Gasteiger partial charge in [-0.2, -0.15) is 0 Å². The van der Waals surface area contributed by atoms with Crippen molar-refractivity contribution in [2.24, 2.45) is 5.73 Å². The van der Waals surface area contributed by atoms with Gasteiger partial charge >= 0.3 is 5.97 Å². The third-order valence-electron chi connectivity index (χ3n) is 4.21. The molecule has 5 nitrogen and oxygen atoms in total. The van der Waals surface area contributed by atoms with Gasteiger partial charge in [-0.15, -0.1) is 12.4 Å². The van der Waals surface area contributed by atoms with Gasteiger partial charge in [0.1, 0.15) is 29.7 Å². The van der Waals surface area contributed by atoms with Crippen molar-refractivity contribution in [3.05, 3.63) is 22.3 Å². The molecule has 22 heavy (non-hydrogen) atoms. The molecule has 6 heteroatoms. The van der Waals surface area contributed by atoms with Gasteiger partial charge in [0.05, 0.1) is 0 Å². The van der Waals surface area contributed by atoms with Crippen LogP contribution in [-0.2, 0) is 16.0 Å². The highest BCUT2D eigenvalue weighted by molar-refractivity contribution is 5.85. The molecule has 1 aromatic carbocycles. The van der Waals surface area contributed by atoms with Crippen LogP contribution in [0, 0.1) is 20.8 Å². The Hall–Kier alpha value is -1.46. The SMILES string of the molecule is Cc1c(C)c2c(c(C)c1O)CC(OC(=O)[C@H](C)N)[C@H](C)O2.Cl. The van der Waals surface area contributed by atoms with E-state index >= 15 is 0 Å². The van der Waals surface area contributed by atoms with Gasteiger partial charge in [0.25, 0.3) is 0 Å². The van der Waals surface area contributed by atoms with Gasteiger partial charge in [-0.05, 0) is 51.3 Å². The van der Waals surface area contributed by atoms with E-state index in [1.807, 2.05) is 27.7 Å². The number of hydrogen-bond acceptors (Lipinski definition) is 5. The lowest BCUT2D eigenvalue weighted by Crippen LogP contribution is -2.42. The van der Waals surface area contributed by atoms with E-state index in [2.05, 4.69) is 0 Å². The molecule has 0 fully saturated rings. The molecule has 0 spiro atoms. The maximum absolute atomic E-state index is 11.7. The first-order chi connectivity index (χ1) is 9.73. The summed E-state index contributed by atoms with van der Waals surface area (Å²) in [4.78, 5) is 11.7. The lowest BCUT2D eigenvalue weighted by molar-refractivity contribution is -0.155. The zero-order valence-corrected chi connectivity index (χ0v) is 14.4. The van der Waals surface area contributed by atoms with Crippen LogP contribution in [0.4, 0.5) is 0 Å². The zero-order chi connectivity index (χ0) is 15.9. The molecule has 124 valence electrons. The number of esters is 1. The summed E-state index contributed by atoms with van der Waals surface area (Å²) in [5.41, 5.74) is 8.97. The summed E-state index contributed by atoms with van der Waals surface area (Å²) in [6.07, 6.45) is -0.117. The zero-order valence-electron chi connectivity index (χ0n) is 13.6. The van der Waals surface area contributed by atoms with E-state index in [1.165, 1.54) is 0 Å². The Kier molecular flexibility index (Phi) is 5.70.